The molecule has 0 radical (unpaired) electrons. The molecule has 0 unspecified atom stereocenters. The summed E-state index contributed by atoms with van der Waals surface area (Å²) in [4.78, 5) is 21.8. The van der Waals surface area contributed by atoms with Gasteiger partial charge in [0, 0.05) is 23.9 Å². The van der Waals surface area contributed by atoms with Crippen LogP contribution in [0, 0.1) is 10.1 Å². The summed E-state index contributed by atoms with van der Waals surface area (Å²) in [5.74, 6) is 1.34. The Morgan fingerprint density at radius 3 is 2.54 bits per heavy atom. The van der Waals surface area contributed by atoms with Crippen LogP contribution in [0.25, 0.3) is 0 Å². The summed E-state index contributed by atoms with van der Waals surface area (Å²) in [6.07, 6.45) is 0. The van der Waals surface area contributed by atoms with Gasteiger partial charge in [0.1, 0.15) is 18.1 Å². The van der Waals surface area contributed by atoms with Crippen LogP contribution in [0.2, 0.25) is 0 Å². The number of hydrogen-bond donors (Lipinski definition) is 2. The molecular weight excluding hydrogens is 314 g/mol. The SMILES string of the molecule is COc1cccc(OCCNC(=O)Nc2ccc([N+](=O)[O-])cc2)c1. The first-order valence-corrected chi connectivity index (χ1v) is 7.14. The standard InChI is InChI=1S/C16H17N3O5/c1-23-14-3-2-4-15(11-14)24-10-9-17-16(20)18-12-5-7-13(8-6-12)19(21)22/h2-8,11H,9-10H2,1H3,(H2,17,18,20). The number of rotatable bonds is 7. The molecule has 0 heterocycles. The molecule has 0 spiro atoms. The second-order valence-corrected chi connectivity index (χ2v) is 4.71. The number of methoxy groups -OCH3 is 1. The fraction of sp³-hybridized carbons (Fsp3) is 0.188. The average molecular weight is 331 g/mol. The minimum atomic E-state index is -0.500. The van der Waals surface area contributed by atoms with E-state index in [1.807, 2.05) is 12.1 Å². The van der Waals surface area contributed by atoms with Gasteiger partial charge in [-0.15, -0.1) is 0 Å². The summed E-state index contributed by atoms with van der Waals surface area (Å²) in [6.45, 7) is 0.594. The van der Waals surface area contributed by atoms with Crippen molar-refractivity contribution in [2.75, 3.05) is 25.6 Å². The second-order valence-electron chi connectivity index (χ2n) is 4.71. The number of carbonyl (C=O) groups excluding carboxylic acids is 1. The van der Waals surface area contributed by atoms with Crippen molar-refractivity contribution in [1.82, 2.24) is 5.32 Å². The Labute approximate surface area is 138 Å². The van der Waals surface area contributed by atoms with Crippen molar-refractivity contribution in [2.24, 2.45) is 0 Å². The normalized spacial score (nSPS) is 9.88. The van der Waals surface area contributed by atoms with Crippen LogP contribution in [0.1, 0.15) is 0 Å². The van der Waals surface area contributed by atoms with Crippen molar-refractivity contribution in [3.05, 3.63) is 58.6 Å². The molecule has 0 aliphatic heterocycles. The Balaban J connectivity index is 1.72. The van der Waals surface area contributed by atoms with E-state index >= 15 is 0 Å². The van der Waals surface area contributed by atoms with Gasteiger partial charge in [-0.25, -0.2) is 4.79 Å². The zero-order valence-electron chi connectivity index (χ0n) is 13.0. The van der Waals surface area contributed by atoms with Crippen molar-refractivity contribution < 1.29 is 19.2 Å². The number of hydrogen-bond acceptors (Lipinski definition) is 5. The quantitative estimate of drug-likeness (QED) is 0.461. The highest BCUT2D eigenvalue weighted by Gasteiger charge is 2.06. The van der Waals surface area contributed by atoms with E-state index in [1.165, 1.54) is 24.3 Å². The van der Waals surface area contributed by atoms with Crippen molar-refractivity contribution in [1.29, 1.82) is 0 Å². The number of nitrogens with one attached hydrogen (secondary N) is 2. The van der Waals surface area contributed by atoms with Gasteiger partial charge in [0.2, 0.25) is 0 Å². The lowest BCUT2D eigenvalue weighted by molar-refractivity contribution is -0.384. The Kier molecular flexibility index (Phi) is 5.95. The van der Waals surface area contributed by atoms with Crippen LogP contribution in [-0.4, -0.2) is 31.2 Å². The van der Waals surface area contributed by atoms with Crippen LogP contribution in [0.4, 0.5) is 16.2 Å². The number of nitro groups is 1. The smallest absolute Gasteiger partial charge is 0.319 e. The van der Waals surface area contributed by atoms with Crippen LogP contribution < -0.4 is 20.1 Å². The van der Waals surface area contributed by atoms with Crippen molar-refractivity contribution in [3.8, 4) is 11.5 Å². The molecule has 0 aromatic heterocycles. The number of anilines is 1. The maximum atomic E-state index is 11.7. The van der Waals surface area contributed by atoms with E-state index in [2.05, 4.69) is 10.6 Å². The first-order valence-electron chi connectivity index (χ1n) is 7.14. The third-order valence-corrected chi connectivity index (χ3v) is 3.03. The van der Waals surface area contributed by atoms with Crippen molar-refractivity contribution in [2.45, 2.75) is 0 Å². The molecule has 2 aromatic rings. The fourth-order valence-corrected chi connectivity index (χ4v) is 1.87. The van der Waals surface area contributed by atoms with Gasteiger partial charge in [-0.1, -0.05) is 6.07 Å². The van der Waals surface area contributed by atoms with Gasteiger partial charge in [-0.2, -0.15) is 0 Å². The molecule has 0 saturated heterocycles. The molecule has 2 amide bonds. The van der Waals surface area contributed by atoms with E-state index in [0.29, 0.717) is 30.3 Å². The van der Waals surface area contributed by atoms with Gasteiger partial charge < -0.3 is 20.1 Å². The third kappa shape index (κ3) is 5.16. The largest absolute Gasteiger partial charge is 0.497 e. The van der Waals surface area contributed by atoms with E-state index in [4.69, 9.17) is 9.47 Å². The Hall–Kier alpha value is -3.29. The van der Waals surface area contributed by atoms with Crippen LogP contribution in [-0.2, 0) is 0 Å². The molecule has 8 nitrogen and oxygen atoms in total. The molecule has 2 N–H and O–H groups in total. The molecule has 126 valence electrons. The van der Waals surface area contributed by atoms with Crippen molar-refractivity contribution >= 4 is 17.4 Å². The molecule has 2 aromatic carbocycles. The number of carbonyl (C=O) groups is 1. The lowest BCUT2D eigenvalue weighted by atomic mass is 10.3. The molecule has 24 heavy (non-hydrogen) atoms. The third-order valence-electron chi connectivity index (χ3n) is 3.03. The summed E-state index contributed by atoms with van der Waals surface area (Å²) < 4.78 is 10.6. The average Bonchev–Trinajstić information content (AvgIpc) is 2.59. The molecule has 8 heteroatoms. The number of ether oxygens (including phenoxy) is 2. The Bertz CT molecular complexity index is 703. The van der Waals surface area contributed by atoms with Crippen LogP contribution in [0.15, 0.2) is 48.5 Å². The van der Waals surface area contributed by atoms with Crippen molar-refractivity contribution in [3.63, 3.8) is 0 Å². The molecule has 0 saturated carbocycles. The zero-order valence-corrected chi connectivity index (χ0v) is 13.0. The highest BCUT2D eigenvalue weighted by molar-refractivity contribution is 5.89. The molecule has 0 aliphatic rings. The highest BCUT2D eigenvalue weighted by atomic mass is 16.6. The second kappa shape index (κ2) is 8.37. The molecule has 2 rings (SSSR count). The van der Waals surface area contributed by atoms with E-state index in [9.17, 15) is 14.9 Å². The fourth-order valence-electron chi connectivity index (χ4n) is 1.87. The maximum Gasteiger partial charge on any atom is 0.319 e. The Morgan fingerprint density at radius 2 is 1.88 bits per heavy atom. The first-order chi connectivity index (χ1) is 11.6. The summed E-state index contributed by atoms with van der Waals surface area (Å²) in [5.41, 5.74) is 0.430. The number of urea groups is 1. The van der Waals surface area contributed by atoms with Gasteiger partial charge in [-0.05, 0) is 24.3 Å². The van der Waals surface area contributed by atoms with Crippen LogP contribution in [0.5, 0.6) is 11.5 Å². The lowest BCUT2D eigenvalue weighted by Crippen LogP contribution is -2.32. The molecule has 0 fully saturated rings. The number of nitro benzene ring substituents is 1. The van der Waals surface area contributed by atoms with E-state index < -0.39 is 11.0 Å². The minimum absolute atomic E-state index is 0.0346. The highest BCUT2D eigenvalue weighted by Crippen LogP contribution is 2.18. The molecule has 0 aliphatic carbocycles. The van der Waals surface area contributed by atoms with Gasteiger partial charge in [0.25, 0.3) is 5.69 Å². The van der Waals surface area contributed by atoms with Crippen LogP contribution >= 0.6 is 0 Å². The predicted octanol–water partition coefficient (Wildman–Crippen LogP) is 2.80. The molecule has 0 bridgehead atoms. The minimum Gasteiger partial charge on any atom is -0.497 e. The first kappa shape index (κ1) is 17.1. The topological polar surface area (TPSA) is 103 Å². The summed E-state index contributed by atoms with van der Waals surface area (Å²) in [7, 11) is 1.57. The molecular formula is C16H17N3O5. The van der Waals surface area contributed by atoms with Gasteiger partial charge in [0.15, 0.2) is 0 Å². The van der Waals surface area contributed by atoms with Gasteiger partial charge in [0.05, 0.1) is 18.6 Å². The maximum absolute atomic E-state index is 11.7. The van der Waals surface area contributed by atoms with E-state index in [1.54, 1.807) is 19.2 Å². The van der Waals surface area contributed by atoms with E-state index in [-0.39, 0.29) is 5.69 Å². The van der Waals surface area contributed by atoms with Gasteiger partial charge in [-0.3, -0.25) is 10.1 Å². The molecule has 0 atom stereocenters. The lowest BCUT2D eigenvalue weighted by Gasteiger charge is -2.09. The van der Waals surface area contributed by atoms with Gasteiger partial charge >= 0.3 is 6.03 Å². The Morgan fingerprint density at radius 1 is 1.17 bits per heavy atom. The van der Waals surface area contributed by atoms with Crippen LogP contribution in [0.3, 0.4) is 0 Å². The summed E-state index contributed by atoms with van der Waals surface area (Å²) in [5, 5.41) is 15.8. The zero-order chi connectivity index (χ0) is 17.4. The summed E-state index contributed by atoms with van der Waals surface area (Å²) in [6, 6.07) is 12.3. The van der Waals surface area contributed by atoms with E-state index in [0.717, 1.165) is 0 Å². The number of nitrogens with zero attached hydrogens (tertiary/aromatic N) is 1. The predicted molar refractivity (Wildman–Crippen MR) is 88.6 cm³/mol. The number of non-ortho nitro benzene ring substituents is 1. The summed E-state index contributed by atoms with van der Waals surface area (Å²) >= 11 is 0. The number of amides is 2. The monoisotopic (exact) mass is 331 g/mol. The number of benzene rings is 2.